The summed E-state index contributed by atoms with van der Waals surface area (Å²) in [5.74, 6) is 1.93. The topological polar surface area (TPSA) is 63.5 Å². The number of fused-ring (bicyclic) bond motifs is 1. The van der Waals surface area contributed by atoms with Gasteiger partial charge in [-0.3, -0.25) is 4.99 Å². The summed E-state index contributed by atoms with van der Waals surface area (Å²) in [5.41, 5.74) is 2.08. The maximum atomic E-state index is 12.6. The summed E-state index contributed by atoms with van der Waals surface area (Å²) >= 11 is 0. The molecule has 4 rings (SSSR count). The van der Waals surface area contributed by atoms with Gasteiger partial charge in [-0.05, 0) is 31.0 Å². The second kappa shape index (κ2) is 7.42. The first-order valence-corrected chi connectivity index (χ1v) is 9.62. The van der Waals surface area contributed by atoms with Gasteiger partial charge in [-0.15, -0.1) is 0 Å². The lowest BCUT2D eigenvalue weighted by Gasteiger charge is -2.37. The van der Waals surface area contributed by atoms with E-state index in [4.69, 9.17) is 0 Å². The zero-order valence-electron chi connectivity index (χ0n) is 15.9. The van der Waals surface area contributed by atoms with Gasteiger partial charge in [0.2, 0.25) is 0 Å². The molecule has 0 aromatic heterocycles. The van der Waals surface area contributed by atoms with Crippen LogP contribution in [-0.4, -0.2) is 71.7 Å². The van der Waals surface area contributed by atoms with E-state index in [2.05, 4.69) is 51.1 Å². The summed E-state index contributed by atoms with van der Waals surface area (Å²) in [6, 6.07) is 8.37. The molecule has 3 aliphatic rings. The minimum absolute atomic E-state index is 0.0378. The first-order valence-electron chi connectivity index (χ1n) is 9.62. The molecule has 0 bridgehead atoms. The molecule has 7 heteroatoms. The van der Waals surface area contributed by atoms with Gasteiger partial charge in [0.15, 0.2) is 0 Å². The predicted molar refractivity (Wildman–Crippen MR) is 108 cm³/mol. The molecule has 2 amide bonds. The van der Waals surface area contributed by atoms with Crippen LogP contribution in [0.1, 0.15) is 19.4 Å². The lowest BCUT2D eigenvalue weighted by atomic mass is 10.1. The van der Waals surface area contributed by atoms with Crippen LogP contribution in [0.5, 0.6) is 0 Å². The molecule has 0 radical (unpaired) electrons. The van der Waals surface area contributed by atoms with E-state index in [1.165, 1.54) is 5.56 Å². The lowest BCUT2D eigenvalue weighted by Crippen LogP contribution is -2.50. The van der Waals surface area contributed by atoms with Gasteiger partial charge in [-0.2, -0.15) is 0 Å². The van der Waals surface area contributed by atoms with Crippen molar-refractivity contribution < 1.29 is 4.79 Å². The average Bonchev–Trinajstić information content (AvgIpc) is 3.08. The number of amidine groups is 1. The molecule has 7 nitrogen and oxygen atoms in total. The molecular weight excluding hydrogens is 340 g/mol. The molecule has 1 aromatic carbocycles. The number of aliphatic imine (C=N–C) groups is 2. The summed E-state index contributed by atoms with van der Waals surface area (Å²) in [5, 5.41) is 3.01. The van der Waals surface area contributed by atoms with Gasteiger partial charge in [0.25, 0.3) is 0 Å². The maximum Gasteiger partial charge on any atom is 0.321 e. The number of carbonyl (C=O) groups excluding carboxylic acids is 1. The number of aryl methyl sites for hydroxylation is 1. The van der Waals surface area contributed by atoms with E-state index in [0.29, 0.717) is 19.1 Å². The predicted octanol–water partition coefficient (Wildman–Crippen LogP) is 2.38. The number of urea groups is 1. The molecule has 1 saturated heterocycles. The van der Waals surface area contributed by atoms with Crippen LogP contribution < -0.4 is 5.32 Å². The van der Waals surface area contributed by atoms with Crippen LogP contribution >= 0.6 is 0 Å². The van der Waals surface area contributed by atoms with Crippen LogP contribution in [-0.2, 0) is 6.42 Å². The van der Waals surface area contributed by atoms with Crippen molar-refractivity contribution in [2.45, 2.75) is 26.3 Å². The van der Waals surface area contributed by atoms with Crippen LogP contribution in [0, 0.1) is 0 Å². The third kappa shape index (κ3) is 3.67. The Morgan fingerprint density at radius 2 is 2.07 bits per heavy atom. The molecule has 3 aliphatic heterocycles. The van der Waals surface area contributed by atoms with Gasteiger partial charge in [0.1, 0.15) is 11.7 Å². The number of carbonyl (C=O) groups is 1. The molecule has 1 atom stereocenters. The highest BCUT2D eigenvalue weighted by atomic mass is 16.2. The number of piperazine rings is 1. The molecule has 1 fully saturated rings. The zero-order valence-corrected chi connectivity index (χ0v) is 15.9. The summed E-state index contributed by atoms with van der Waals surface area (Å²) in [6.07, 6.45) is 4.89. The maximum absolute atomic E-state index is 12.6. The van der Waals surface area contributed by atoms with Crippen molar-refractivity contribution in [3.05, 3.63) is 41.7 Å². The van der Waals surface area contributed by atoms with Crippen molar-refractivity contribution in [3.63, 3.8) is 0 Å². The van der Waals surface area contributed by atoms with E-state index in [0.717, 1.165) is 43.4 Å². The van der Waals surface area contributed by atoms with Crippen LogP contribution in [0.25, 0.3) is 0 Å². The molecule has 0 aliphatic carbocycles. The number of nitrogens with zero attached hydrogens (tertiary/aromatic N) is 5. The first kappa shape index (κ1) is 17.6. The van der Waals surface area contributed by atoms with Crippen LogP contribution in [0.4, 0.5) is 10.5 Å². The van der Waals surface area contributed by atoms with E-state index in [9.17, 15) is 4.79 Å². The number of nitrogens with one attached hydrogen (secondary N) is 1. The van der Waals surface area contributed by atoms with E-state index >= 15 is 0 Å². The Morgan fingerprint density at radius 3 is 2.85 bits per heavy atom. The molecule has 0 saturated carbocycles. The fourth-order valence-electron chi connectivity index (χ4n) is 3.57. The highest BCUT2D eigenvalue weighted by Crippen LogP contribution is 2.19. The van der Waals surface area contributed by atoms with Gasteiger partial charge in [-0.25, -0.2) is 9.79 Å². The van der Waals surface area contributed by atoms with E-state index < -0.39 is 0 Å². The quantitative estimate of drug-likeness (QED) is 0.893. The van der Waals surface area contributed by atoms with Gasteiger partial charge in [0, 0.05) is 37.9 Å². The fourth-order valence-corrected chi connectivity index (χ4v) is 3.57. The Labute approximate surface area is 160 Å². The molecule has 1 aromatic rings. The standard InChI is InChI=1S/C20H26N6O/c1-3-16-5-4-6-17(11-16)23-20(27)25-9-7-24(8-10-25)18-12-19-21-13-15(2)26(19)14-22-18/h4-6,11-12,14-15H,3,7-10,13H2,1-2H3,(H,23,27). The molecule has 3 heterocycles. The van der Waals surface area contributed by atoms with Gasteiger partial charge in [-0.1, -0.05) is 19.1 Å². The van der Waals surface area contributed by atoms with Crippen LogP contribution in [0.2, 0.25) is 0 Å². The Balaban J connectivity index is 1.33. The molecule has 142 valence electrons. The van der Waals surface area contributed by atoms with Gasteiger partial charge >= 0.3 is 6.03 Å². The highest BCUT2D eigenvalue weighted by molar-refractivity contribution is 6.03. The number of hydrogen-bond acceptors (Lipinski definition) is 5. The summed E-state index contributed by atoms with van der Waals surface area (Å²) in [6.45, 7) is 7.98. The van der Waals surface area contributed by atoms with Crippen molar-refractivity contribution in [2.75, 3.05) is 38.0 Å². The second-order valence-electron chi connectivity index (χ2n) is 7.16. The van der Waals surface area contributed by atoms with Crippen molar-refractivity contribution in [3.8, 4) is 0 Å². The largest absolute Gasteiger partial charge is 0.353 e. The smallest absolute Gasteiger partial charge is 0.321 e. The SMILES string of the molecule is CCc1cccc(NC(=O)N2CCN(C3=CC4=NCC(C)N4C=N3)CC2)c1. The summed E-state index contributed by atoms with van der Waals surface area (Å²) < 4.78 is 0. The fraction of sp³-hybridized carbons (Fsp3) is 0.450. The number of rotatable bonds is 3. The molecule has 1 N–H and O–H groups in total. The van der Waals surface area contributed by atoms with Crippen molar-refractivity contribution in [1.82, 2.24) is 14.7 Å². The average molecular weight is 366 g/mol. The second-order valence-corrected chi connectivity index (χ2v) is 7.16. The van der Waals surface area contributed by atoms with Gasteiger partial charge in [0.05, 0.1) is 18.9 Å². The minimum Gasteiger partial charge on any atom is -0.353 e. The Bertz CT molecular complexity index is 806. The van der Waals surface area contributed by atoms with Crippen LogP contribution in [0.3, 0.4) is 0 Å². The van der Waals surface area contributed by atoms with Crippen molar-refractivity contribution in [2.24, 2.45) is 9.98 Å². The normalized spacial score (nSPS) is 21.7. The summed E-state index contributed by atoms with van der Waals surface area (Å²) in [7, 11) is 0. The van der Waals surface area contributed by atoms with E-state index in [-0.39, 0.29) is 6.03 Å². The third-order valence-electron chi connectivity index (χ3n) is 5.31. The number of amides is 2. The third-order valence-corrected chi connectivity index (χ3v) is 5.31. The molecule has 1 unspecified atom stereocenters. The Kier molecular flexibility index (Phi) is 4.83. The van der Waals surface area contributed by atoms with E-state index in [1.54, 1.807) is 0 Å². The first-order chi connectivity index (χ1) is 13.1. The molecule has 27 heavy (non-hydrogen) atoms. The lowest BCUT2D eigenvalue weighted by molar-refractivity contribution is 0.166. The van der Waals surface area contributed by atoms with Crippen LogP contribution in [0.15, 0.2) is 46.1 Å². The minimum atomic E-state index is -0.0378. The monoisotopic (exact) mass is 366 g/mol. The van der Waals surface area contributed by atoms with Gasteiger partial charge < -0.3 is 20.0 Å². The zero-order chi connectivity index (χ0) is 18.8. The van der Waals surface area contributed by atoms with E-state index in [1.807, 2.05) is 29.4 Å². The molecular formula is C20H26N6O. The Hall–Kier alpha value is -2.83. The number of benzene rings is 1. The Morgan fingerprint density at radius 1 is 1.26 bits per heavy atom. The summed E-state index contributed by atoms with van der Waals surface area (Å²) in [4.78, 5) is 27.9. The number of anilines is 1. The molecule has 0 spiro atoms. The highest BCUT2D eigenvalue weighted by Gasteiger charge is 2.28. The van der Waals surface area contributed by atoms with Crippen molar-refractivity contribution >= 4 is 23.9 Å². The number of hydrogen-bond donors (Lipinski definition) is 1. The van der Waals surface area contributed by atoms with Crippen molar-refractivity contribution in [1.29, 1.82) is 0 Å².